The Bertz CT molecular complexity index is 555. The fraction of sp³-hybridized carbons (Fsp3) is 0.625. The molecule has 0 aromatic heterocycles. The van der Waals surface area contributed by atoms with Crippen LogP contribution in [0, 0.1) is 0 Å². The summed E-state index contributed by atoms with van der Waals surface area (Å²) in [6, 6.07) is 8.49. The van der Waals surface area contributed by atoms with Gasteiger partial charge in [0.25, 0.3) is 0 Å². The van der Waals surface area contributed by atoms with Gasteiger partial charge in [-0.05, 0) is 29.9 Å². The van der Waals surface area contributed by atoms with Gasteiger partial charge < -0.3 is 5.32 Å². The van der Waals surface area contributed by atoms with Gasteiger partial charge in [0.2, 0.25) is 0 Å². The van der Waals surface area contributed by atoms with E-state index < -0.39 is 9.84 Å². The Morgan fingerprint density at radius 1 is 1.15 bits per heavy atom. The van der Waals surface area contributed by atoms with Gasteiger partial charge >= 0.3 is 0 Å². The number of rotatable bonds is 1. The molecule has 2 atom stereocenters. The normalized spacial score (nSPS) is 27.0. The van der Waals surface area contributed by atoms with Crippen LogP contribution in [0.2, 0.25) is 0 Å². The third-order valence-electron chi connectivity index (χ3n) is 3.95. The van der Waals surface area contributed by atoms with Crippen LogP contribution in [0.3, 0.4) is 0 Å². The molecule has 1 saturated heterocycles. The summed E-state index contributed by atoms with van der Waals surface area (Å²) >= 11 is 0. The molecule has 0 bridgehead atoms. The molecule has 4 heteroatoms. The van der Waals surface area contributed by atoms with Gasteiger partial charge in [0, 0.05) is 12.1 Å². The van der Waals surface area contributed by atoms with Gasteiger partial charge in [-0.15, -0.1) is 0 Å². The summed E-state index contributed by atoms with van der Waals surface area (Å²) in [7, 11) is -2.95. The second kappa shape index (κ2) is 5.49. The maximum absolute atomic E-state index is 12.0. The van der Waals surface area contributed by atoms with Gasteiger partial charge in [-0.1, -0.05) is 45.0 Å². The predicted molar refractivity (Wildman–Crippen MR) is 83.8 cm³/mol. The van der Waals surface area contributed by atoms with E-state index in [1.165, 1.54) is 5.56 Å². The molecule has 112 valence electrons. The van der Waals surface area contributed by atoms with E-state index >= 15 is 0 Å². The van der Waals surface area contributed by atoms with Crippen molar-refractivity contribution in [3.05, 3.63) is 35.4 Å². The molecule has 0 radical (unpaired) electrons. The lowest BCUT2D eigenvalue weighted by Gasteiger charge is -2.22. The van der Waals surface area contributed by atoms with Crippen LogP contribution in [-0.4, -0.2) is 26.0 Å². The zero-order valence-electron chi connectivity index (χ0n) is 12.8. The number of hydrogen-bond donors (Lipinski definition) is 1. The molecule has 1 aromatic rings. The van der Waals surface area contributed by atoms with E-state index in [9.17, 15) is 8.42 Å². The molecule has 1 heterocycles. The van der Waals surface area contributed by atoms with Gasteiger partial charge in [-0.3, -0.25) is 0 Å². The third kappa shape index (κ3) is 3.83. The summed E-state index contributed by atoms with van der Waals surface area (Å²) in [5.41, 5.74) is 2.45. The largest absolute Gasteiger partial charge is 0.307 e. The van der Waals surface area contributed by atoms with E-state index in [1.807, 2.05) is 0 Å². The van der Waals surface area contributed by atoms with Crippen molar-refractivity contribution < 1.29 is 8.42 Å². The van der Waals surface area contributed by atoms with Crippen LogP contribution < -0.4 is 5.32 Å². The second-order valence-electron chi connectivity index (χ2n) is 6.90. The van der Waals surface area contributed by atoms with Gasteiger partial charge in [0.15, 0.2) is 9.84 Å². The lowest BCUT2D eigenvalue weighted by Crippen LogP contribution is -2.31. The zero-order chi connectivity index (χ0) is 15.0. The Balaban J connectivity index is 2.25. The molecule has 1 aliphatic heterocycles. The number of nitrogens with one attached hydrogen (secondary N) is 1. The topological polar surface area (TPSA) is 46.2 Å². The SMILES string of the molecule is CC1CCS(=O)(=O)CC(c2ccc(C(C)(C)C)cc2)N1. The average molecular weight is 295 g/mol. The molecule has 0 aliphatic carbocycles. The van der Waals surface area contributed by atoms with Crippen molar-refractivity contribution in [3.8, 4) is 0 Å². The fourth-order valence-electron chi connectivity index (χ4n) is 2.58. The van der Waals surface area contributed by atoms with E-state index in [0.717, 1.165) is 5.56 Å². The highest BCUT2D eigenvalue weighted by molar-refractivity contribution is 7.91. The highest BCUT2D eigenvalue weighted by atomic mass is 32.2. The van der Waals surface area contributed by atoms with Crippen LogP contribution in [0.25, 0.3) is 0 Å². The molecule has 1 N–H and O–H groups in total. The number of sulfone groups is 1. The van der Waals surface area contributed by atoms with Gasteiger partial charge in [0.1, 0.15) is 0 Å². The summed E-state index contributed by atoms with van der Waals surface area (Å²) in [6.07, 6.45) is 0.693. The van der Waals surface area contributed by atoms with Crippen LogP contribution in [0.15, 0.2) is 24.3 Å². The zero-order valence-corrected chi connectivity index (χ0v) is 13.6. The molecule has 20 heavy (non-hydrogen) atoms. The number of hydrogen-bond acceptors (Lipinski definition) is 3. The molecular weight excluding hydrogens is 270 g/mol. The lowest BCUT2D eigenvalue weighted by molar-refractivity contribution is 0.483. The monoisotopic (exact) mass is 295 g/mol. The van der Waals surface area contributed by atoms with Crippen molar-refractivity contribution in [1.82, 2.24) is 5.32 Å². The second-order valence-corrected chi connectivity index (χ2v) is 9.12. The Morgan fingerprint density at radius 3 is 2.30 bits per heavy atom. The van der Waals surface area contributed by atoms with E-state index in [2.05, 4.69) is 57.3 Å². The Kier molecular flexibility index (Phi) is 4.26. The molecule has 3 nitrogen and oxygen atoms in total. The van der Waals surface area contributed by atoms with Crippen LogP contribution in [0.5, 0.6) is 0 Å². The van der Waals surface area contributed by atoms with Crippen LogP contribution >= 0.6 is 0 Å². The minimum atomic E-state index is -2.95. The molecule has 0 spiro atoms. The standard InChI is InChI=1S/C16H25NO2S/c1-12-9-10-20(18,19)11-15(17-12)13-5-7-14(8-6-13)16(2,3)4/h5-8,12,15,17H,9-11H2,1-4H3. The number of benzene rings is 1. The summed E-state index contributed by atoms with van der Waals surface area (Å²) in [5, 5.41) is 3.43. The van der Waals surface area contributed by atoms with Crippen molar-refractivity contribution >= 4 is 9.84 Å². The van der Waals surface area contributed by atoms with Crippen LogP contribution in [-0.2, 0) is 15.3 Å². The summed E-state index contributed by atoms with van der Waals surface area (Å²) in [4.78, 5) is 0. The first kappa shape index (κ1) is 15.5. The molecule has 1 aliphatic rings. The van der Waals surface area contributed by atoms with E-state index in [1.54, 1.807) is 0 Å². The highest BCUT2D eigenvalue weighted by Gasteiger charge is 2.27. The summed E-state index contributed by atoms with van der Waals surface area (Å²) in [5.74, 6) is 0.490. The molecular formula is C16H25NO2S. The molecule has 1 aromatic carbocycles. The molecule has 2 unspecified atom stereocenters. The van der Waals surface area contributed by atoms with Crippen molar-refractivity contribution in [1.29, 1.82) is 0 Å². The first-order chi connectivity index (χ1) is 9.17. The highest BCUT2D eigenvalue weighted by Crippen LogP contribution is 2.26. The van der Waals surface area contributed by atoms with Gasteiger partial charge in [0.05, 0.1) is 11.5 Å². The first-order valence-corrected chi connectivity index (χ1v) is 9.06. The van der Waals surface area contributed by atoms with Crippen molar-refractivity contribution in [2.24, 2.45) is 0 Å². The average Bonchev–Trinajstić information content (AvgIpc) is 2.47. The van der Waals surface area contributed by atoms with Gasteiger partial charge in [-0.25, -0.2) is 8.42 Å². The Labute approximate surface area is 122 Å². The lowest BCUT2D eigenvalue weighted by atomic mass is 9.86. The first-order valence-electron chi connectivity index (χ1n) is 7.24. The minimum absolute atomic E-state index is 0.0912. The maximum Gasteiger partial charge on any atom is 0.152 e. The minimum Gasteiger partial charge on any atom is -0.307 e. The van der Waals surface area contributed by atoms with Crippen LogP contribution in [0.1, 0.15) is 51.3 Å². The quantitative estimate of drug-likeness (QED) is 0.866. The predicted octanol–water partition coefficient (Wildman–Crippen LogP) is 2.82. The van der Waals surface area contributed by atoms with Gasteiger partial charge in [-0.2, -0.15) is 0 Å². The Hall–Kier alpha value is -0.870. The van der Waals surface area contributed by atoms with E-state index in [0.29, 0.717) is 6.42 Å². The van der Waals surface area contributed by atoms with E-state index in [-0.39, 0.29) is 29.0 Å². The summed E-state index contributed by atoms with van der Waals surface area (Å²) in [6.45, 7) is 8.59. The smallest absolute Gasteiger partial charge is 0.152 e. The van der Waals surface area contributed by atoms with Crippen LogP contribution in [0.4, 0.5) is 0 Å². The van der Waals surface area contributed by atoms with Crippen molar-refractivity contribution in [3.63, 3.8) is 0 Å². The third-order valence-corrected chi connectivity index (χ3v) is 5.65. The molecule has 0 amide bonds. The van der Waals surface area contributed by atoms with E-state index in [4.69, 9.17) is 0 Å². The molecule has 2 rings (SSSR count). The van der Waals surface area contributed by atoms with Crippen molar-refractivity contribution in [2.75, 3.05) is 11.5 Å². The summed E-state index contributed by atoms with van der Waals surface area (Å²) < 4.78 is 24.0. The fourth-order valence-corrected chi connectivity index (χ4v) is 4.25. The molecule has 0 saturated carbocycles. The molecule has 1 fully saturated rings. The Morgan fingerprint density at radius 2 is 1.75 bits per heavy atom. The van der Waals surface area contributed by atoms with Crippen molar-refractivity contribution in [2.45, 2.75) is 51.6 Å². The maximum atomic E-state index is 12.0.